The second-order valence-electron chi connectivity index (χ2n) is 21.8. The van der Waals surface area contributed by atoms with Crippen LogP contribution in [0.4, 0.5) is 77.0 Å². The lowest BCUT2D eigenvalue weighted by Crippen LogP contribution is -2.15. The molecule has 0 atom stereocenters. The van der Waals surface area contributed by atoms with Crippen LogP contribution in [0.2, 0.25) is 0 Å². The quantitative estimate of drug-likeness (QED) is 0.0656. The molecule has 7 aromatic heterocycles. The number of carbonyl (C=O) groups excluding carboxylic acids is 4. The summed E-state index contributed by atoms with van der Waals surface area (Å²) in [6.07, 6.45) is 24.7. The molecule has 0 saturated heterocycles. The summed E-state index contributed by atoms with van der Waals surface area (Å²) in [5.74, 6) is 0.467. The number of rotatable bonds is 16. The van der Waals surface area contributed by atoms with E-state index in [2.05, 4.69) is 77.0 Å². The van der Waals surface area contributed by atoms with Crippen molar-refractivity contribution in [3.63, 3.8) is 0 Å². The number of aromatic nitrogens is 10. The average molecular weight is 1320 g/mol. The van der Waals surface area contributed by atoms with Crippen molar-refractivity contribution in [2.24, 2.45) is 0 Å². The third-order valence-electron chi connectivity index (χ3n) is 14.6. The van der Waals surface area contributed by atoms with E-state index < -0.39 is 17.5 Å². The molecule has 12 aromatic rings. The van der Waals surface area contributed by atoms with Gasteiger partial charge in [-0.3, -0.25) is 29.1 Å². The molecule has 22 nitrogen and oxygen atoms in total. The van der Waals surface area contributed by atoms with Gasteiger partial charge in [0, 0.05) is 103 Å². The van der Waals surface area contributed by atoms with Crippen LogP contribution < -0.4 is 40.9 Å². The van der Waals surface area contributed by atoms with Crippen LogP contribution in [0.15, 0.2) is 245 Å². The van der Waals surface area contributed by atoms with Gasteiger partial charge in [-0.1, -0.05) is 42.3 Å². The second kappa shape index (κ2) is 34.0. The van der Waals surface area contributed by atoms with Gasteiger partial charge in [0.15, 0.2) is 0 Å². The Hall–Kier alpha value is -13.6. The van der Waals surface area contributed by atoms with Crippen LogP contribution in [0.1, 0.15) is 64.3 Å². The number of hydrogen-bond acceptors (Lipinski definition) is 18. The number of benzene rings is 5. The summed E-state index contributed by atoms with van der Waals surface area (Å²) in [5, 5.41) is 11.2. The zero-order chi connectivity index (χ0) is 70.2. The predicted octanol–water partition coefficient (Wildman–Crippen LogP) is 14.0. The van der Waals surface area contributed by atoms with Crippen molar-refractivity contribution in [2.75, 3.05) is 69.1 Å². The Morgan fingerprint density at radius 1 is 0.394 bits per heavy atom. The summed E-state index contributed by atoms with van der Waals surface area (Å²) in [6, 6.07) is 48.7. The van der Waals surface area contributed by atoms with Crippen molar-refractivity contribution in [2.45, 2.75) is 20.8 Å². The summed E-state index contributed by atoms with van der Waals surface area (Å²) in [7, 11) is 7.33. The smallest absolute Gasteiger partial charge is 0.274 e. The minimum atomic E-state index is -0.464. The normalized spacial score (nSPS) is 10.2. The topological polar surface area (TPSA) is 258 Å². The fraction of sp³-hybridized carbons (Fsp3) is 0.0933. The molecule has 4 amide bonds. The molecule has 0 aliphatic carbocycles. The van der Waals surface area contributed by atoms with Gasteiger partial charge in [-0.25, -0.2) is 48.7 Å². The van der Waals surface area contributed by atoms with Crippen LogP contribution in [0, 0.1) is 44.7 Å². The standard InChI is InChI=1S/C21H17N3O.2C18H16FN5O.C18H17N5O/c1-3-16-7-4-8-17(13-16)21(25)23-18-9-5-10-19(14-18)24(2)20-11-6-12-22-15-20;1-12-3-6-16(22-8-12)18(25)23-13-4-5-15(19)17(7-13)24(2)14-9-20-11-21-10-14;1-12-4-3-5-17(22-12)18(25)23-14-6-13(19)7-15(8-14)24(2)16-9-20-11-21-10-16;1-13-5-3-8-17(21-13)18(24)22-14-6-4-7-15(9-14)23(2)16-10-19-12-20-11-16/h1,4-15H,2H3,(H,23,25);2*3-11H,1-2H3,(H,23,25);3-12H,1-2H3,(H,22,24). The van der Waals surface area contributed by atoms with Crippen LogP contribution >= 0.6 is 0 Å². The maximum Gasteiger partial charge on any atom is 0.274 e. The lowest BCUT2D eigenvalue weighted by molar-refractivity contribution is 0.101. The van der Waals surface area contributed by atoms with Gasteiger partial charge in [-0.05, 0) is 160 Å². The largest absolute Gasteiger partial charge is 0.343 e. The van der Waals surface area contributed by atoms with Gasteiger partial charge in [-0.15, -0.1) is 6.42 Å². The average Bonchev–Trinajstić information content (AvgIpc) is 0.866. The van der Waals surface area contributed by atoms with Crippen LogP contribution in [-0.4, -0.2) is 102 Å². The maximum absolute atomic E-state index is 14.2. The molecule has 0 unspecified atom stereocenters. The minimum absolute atomic E-state index is 0.196. The zero-order valence-corrected chi connectivity index (χ0v) is 54.8. The van der Waals surface area contributed by atoms with Gasteiger partial charge in [0.1, 0.15) is 47.7 Å². The monoisotopic (exact) mass is 1320 g/mol. The number of anilines is 12. The number of nitrogens with one attached hydrogen (secondary N) is 4. The fourth-order valence-electron chi connectivity index (χ4n) is 9.28. The molecule has 5 aromatic carbocycles. The van der Waals surface area contributed by atoms with Gasteiger partial charge in [-0.2, -0.15) is 0 Å². The van der Waals surface area contributed by atoms with E-state index in [1.807, 2.05) is 111 Å². The zero-order valence-electron chi connectivity index (χ0n) is 54.8. The molecule has 0 fully saturated rings. The molecule has 99 heavy (non-hydrogen) atoms. The van der Waals surface area contributed by atoms with E-state index in [-0.39, 0.29) is 23.4 Å². The van der Waals surface area contributed by atoms with E-state index >= 15 is 0 Å². The second-order valence-corrected chi connectivity index (χ2v) is 21.8. The van der Waals surface area contributed by atoms with Crippen molar-refractivity contribution >= 4 is 91.9 Å². The highest BCUT2D eigenvalue weighted by Crippen LogP contribution is 2.31. The Morgan fingerprint density at radius 3 is 1.38 bits per heavy atom. The minimum Gasteiger partial charge on any atom is -0.343 e. The molecule has 0 spiro atoms. The molecule has 0 aliphatic heterocycles. The SMILES string of the molecule is C#Cc1cccc(C(=O)Nc2cccc(N(C)c3cccnc3)c2)c1.Cc1ccc(C(=O)Nc2ccc(F)c(N(C)c3cncnc3)c2)nc1.Cc1cccc(C(=O)Nc2cc(F)cc(N(C)c3cncnc3)c2)n1.Cc1cccc(C(=O)Nc2cccc(N(C)c3cncnc3)c2)n1. The number of nitrogens with zero attached hydrogens (tertiary/aromatic N) is 14. The molecular weight excluding hydrogens is 1250 g/mol. The molecule has 7 heterocycles. The summed E-state index contributed by atoms with van der Waals surface area (Å²) in [6.45, 7) is 5.55. The number of carbonyl (C=O) groups is 4. The van der Waals surface area contributed by atoms with E-state index in [1.165, 1.54) is 43.2 Å². The molecule has 24 heteroatoms. The van der Waals surface area contributed by atoms with Gasteiger partial charge < -0.3 is 40.9 Å². The highest BCUT2D eigenvalue weighted by molar-refractivity contribution is 6.06. The Balaban J connectivity index is 0.000000154. The van der Waals surface area contributed by atoms with Crippen molar-refractivity contribution < 1.29 is 28.0 Å². The Bertz CT molecular complexity index is 4770. The number of aryl methyl sites for hydroxylation is 3. The van der Waals surface area contributed by atoms with Crippen LogP contribution in [0.3, 0.4) is 0 Å². The predicted molar refractivity (Wildman–Crippen MR) is 381 cm³/mol. The molecule has 0 saturated carbocycles. The first-order valence-electron chi connectivity index (χ1n) is 30.4. The first-order chi connectivity index (χ1) is 47.9. The van der Waals surface area contributed by atoms with Crippen molar-refractivity contribution in [1.29, 1.82) is 0 Å². The molecule has 0 bridgehead atoms. The third kappa shape index (κ3) is 20.0. The van der Waals surface area contributed by atoms with Gasteiger partial charge >= 0.3 is 0 Å². The number of halogens is 2. The summed E-state index contributed by atoms with van der Waals surface area (Å²) >= 11 is 0. The third-order valence-corrected chi connectivity index (χ3v) is 14.6. The Morgan fingerprint density at radius 2 is 0.859 bits per heavy atom. The lowest BCUT2D eigenvalue weighted by Gasteiger charge is -2.20. The first kappa shape index (κ1) is 69.8. The summed E-state index contributed by atoms with van der Waals surface area (Å²) in [5.41, 5.74) is 12.8. The van der Waals surface area contributed by atoms with Crippen LogP contribution in [-0.2, 0) is 0 Å². The molecule has 0 radical (unpaired) electrons. The molecule has 0 aliphatic rings. The maximum atomic E-state index is 14.2. The molecular formula is C75H66F2N18O4. The number of hydrogen-bond donors (Lipinski definition) is 4. The highest BCUT2D eigenvalue weighted by Gasteiger charge is 2.17. The van der Waals surface area contributed by atoms with Crippen molar-refractivity contribution in [1.82, 2.24) is 49.8 Å². The lowest BCUT2D eigenvalue weighted by atomic mass is 10.1. The van der Waals surface area contributed by atoms with Crippen LogP contribution in [0.25, 0.3) is 0 Å². The number of amides is 4. The molecule has 12 rings (SSSR count). The number of terminal acetylenes is 1. The van der Waals surface area contributed by atoms with E-state index in [0.29, 0.717) is 68.0 Å². The van der Waals surface area contributed by atoms with Gasteiger partial charge in [0.2, 0.25) is 0 Å². The van der Waals surface area contributed by atoms with Crippen LogP contribution in [0.5, 0.6) is 0 Å². The van der Waals surface area contributed by atoms with Gasteiger partial charge in [0.05, 0.1) is 71.8 Å². The summed E-state index contributed by atoms with van der Waals surface area (Å²) in [4.78, 5) is 97.0. The van der Waals surface area contributed by atoms with Gasteiger partial charge in [0.25, 0.3) is 23.6 Å². The first-order valence-corrected chi connectivity index (χ1v) is 30.4. The highest BCUT2D eigenvalue weighted by atomic mass is 19.1. The van der Waals surface area contributed by atoms with Crippen molar-refractivity contribution in [3.05, 3.63) is 301 Å². The van der Waals surface area contributed by atoms with E-state index in [4.69, 9.17) is 6.42 Å². The van der Waals surface area contributed by atoms with E-state index in [1.54, 1.807) is 159 Å². The Labute approximate surface area is 570 Å². The van der Waals surface area contributed by atoms with Crippen molar-refractivity contribution in [3.8, 4) is 12.3 Å². The van der Waals surface area contributed by atoms with E-state index in [0.717, 1.165) is 39.7 Å². The fourth-order valence-corrected chi connectivity index (χ4v) is 9.28. The number of pyridine rings is 4. The summed E-state index contributed by atoms with van der Waals surface area (Å²) < 4.78 is 28.2. The Kier molecular flexibility index (Phi) is 24.0. The molecule has 4 N–H and O–H groups in total. The van der Waals surface area contributed by atoms with E-state index in [9.17, 15) is 28.0 Å². The molecule has 494 valence electrons.